The molecule has 14 bridgehead atoms. The molecule has 21 fully saturated rings. The van der Waals surface area contributed by atoms with E-state index in [2.05, 4.69) is 0 Å². The second-order valence-electron chi connectivity index (χ2n) is 24.8. The Kier molecular flexibility index (Phi) is 35.7. The van der Waals surface area contributed by atoms with Crippen LogP contribution < -0.4 is 0 Å². The van der Waals surface area contributed by atoms with Gasteiger partial charge in [-0.05, 0) is 18.5 Å². The highest BCUT2D eigenvalue weighted by Gasteiger charge is 2.62. The van der Waals surface area contributed by atoms with E-state index in [1.807, 2.05) is 0 Å². The van der Waals surface area contributed by atoms with Gasteiger partial charge in [-0.2, -0.15) is 0 Å². The van der Waals surface area contributed by atoms with Crippen LogP contribution >= 0.6 is 24.0 Å². The Morgan fingerprint density at radius 2 is 0.356 bits per heavy atom. The second kappa shape index (κ2) is 42.2. The molecule has 0 N–H and O–H groups in total. The fourth-order valence-corrected chi connectivity index (χ4v) is 15.2. The standard InChI is InChI=1S/C64H112O35S2/c1-65-22-29-36-43(72-8)50(79-15)58(85-29)93-38-31(24-67-3)87-60(52(81-17)45(38)74-10)95-40-33(26-69-5)89-62(54(83-19)47(40)76-12)97-42-35(28-71-7)91-63(56(49(42)78-14)99-64(100)101-21)98-41-34(27-70-6)90-61(55(84-20)48(41)77-13)96-39-32(25-68-4)88-59(53(82-18)46(39)75-11)94-37-30(23-66-2)86-57(92-36)51(80-16)44(37)73-9/h29-63H,22-28H2,1-21H3/t29-,30+,31-,32+,33-,34+,35-,36+,37+,38+,39+,40+,41+,42+,43-,44-,45-,46+,47-,48+,49-,50+,51+,52+,53-,54+,55-,56+,57+,58+,59+,60+,61+,62+,63+/m0/s1. The van der Waals surface area contributed by atoms with E-state index in [1.54, 1.807) is 6.26 Å². The molecule has 0 amide bonds. The predicted molar refractivity (Wildman–Crippen MR) is 349 cm³/mol. The lowest BCUT2D eigenvalue weighted by atomic mass is 9.94. The highest BCUT2D eigenvalue weighted by atomic mass is 32.2. The molecule has 101 heavy (non-hydrogen) atoms. The van der Waals surface area contributed by atoms with Crippen LogP contribution in [0.3, 0.4) is 0 Å². The number of hydrogen-bond donors (Lipinski definition) is 0. The van der Waals surface area contributed by atoms with Crippen molar-refractivity contribution in [2.75, 3.05) is 195 Å². The average molecular weight is 1510 g/mol. The topological polar surface area (TPSA) is 323 Å². The van der Waals surface area contributed by atoms with Crippen molar-refractivity contribution in [2.45, 2.75) is 215 Å². The molecule has 0 aliphatic carbocycles. The van der Waals surface area contributed by atoms with Gasteiger partial charge < -0.3 is 166 Å². The van der Waals surface area contributed by atoms with Crippen molar-refractivity contribution >= 4 is 28.4 Å². The van der Waals surface area contributed by atoms with Crippen LogP contribution in [0.25, 0.3) is 0 Å². The molecule has 0 radical (unpaired) electrons. The zero-order valence-electron chi connectivity index (χ0n) is 61.8. The maximum atomic E-state index is 7.11. The third-order valence-corrected chi connectivity index (χ3v) is 20.5. The SMILES string of the molecule is COC[C@@H]1O[C@@H]2O[C@H]3[C@H](OC)[C@@H](OC)[C@@H](O[C@H]4[C@H](OC)[C@@H](OC(=S)SC)[C@@H](O[C@H]5[C@@H](OC)[C@H](OC)[C@@H](O[C@H]6[C@@H](OC)[C@H](OC)[C@@H](O[C@H]7[C@H](OC)[C@@H](OC)[C@@H](O[C@H]8[C@H](OC)[C@@H](OC)[C@@H](O[C@H]1[C@H](OC)[C@H]2OC)O[C@H]8COC)O[C@@H]7COC)O[C@@H]6COC)O[C@@H]5COC)O[C@H]4COC)O[C@H]3COC. The molecule has 0 spiro atoms. The number of hydrogen-bond acceptors (Lipinski definition) is 37. The number of methoxy groups -OCH3 is 20. The van der Waals surface area contributed by atoms with Gasteiger partial charge in [0.1, 0.15) is 165 Å². The summed E-state index contributed by atoms with van der Waals surface area (Å²) in [5.74, 6) is 0. The second-order valence-corrected chi connectivity index (χ2v) is 26.2. The molecular weight excluding hydrogens is 1390 g/mol. The third-order valence-electron chi connectivity index (χ3n) is 19.4. The number of thiocarbonyl (C=S) groups is 1. The maximum absolute atomic E-state index is 7.11. The molecule has 0 aromatic heterocycles. The summed E-state index contributed by atoms with van der Waals surface area (Å²) in [7, 11) is 30.1. The van der Waals surface area contributed by atoms with Gasteiger partial charge in [-0.3, -0.25) is 0 Å². The van der Waals surface area contributed by atoms with Crippen molar-refractivity contribution < 1.29 is 166 Å². The van der Waals surface area contributed by atoms with E-state index in [0.29, 0.717) is 0 Å². The summed E-state index contributed by atoms with van der Waals surface area (Å²) < 4.78 is 227. The van der Waals surface area contributed by atoms with E-state index in [-0.39, 0.29) is 50.6 Å². The van der Waals surface area contributed by atoms with Gasteiger partial charge in [0.2, 0.25) is 4.38 Å². The van der Waals surface area contributed by atoms with E-state index in [9.17, 15) is 0 Å². The molecule has 21 rings (SSSR count). The molecule has 37 heteroatoms. The highest BCUT2D eigenvalue weighted by Crippen LogP contribution is 2.43. The van der Waals surface area contributed by atoms with Crippen LogP contribution in [-0.4, -0.2) is 414 Å². The van der Waals surface area contributed by atoms with E-state index in [0.717, 1.165) is 0 Å². The molecule has 0 unspecified atom stereocenters. The van der Waals surface area contributed by atoms with Crippen LogP contribution in [-0.2, 0) is 166 Å². The minimum atomic E-state index is -1.33. The summed E-state index contributed by atoms with van der Waals surface area (Å²) in [5, 5.41) is 0. The third kappa shape index (κ3) is 19.2. The fraction of sp³-hybridized carbons (Fsp3) is 0.984. The Morgan fingerprint density at radius 3 is 0.485 bits per heavy atom. The van der Waals surface area contributed by atoms with Gasteiger partial charge >= 0.3 is 0 Å². The number of ether oxygens (including phenoxy) is 35. The van der Waals surface area contributed by atoms with Gasteiger partial charge in [0.25, 0.3) is 0 Å². The Balaban J connectivity index is 1.25. The summed E-state index contributed by atoms with van der Waals surface area (Å²) in [6, 6.07) is 0. The lowest BCUT2D eigenvalue weighted by Crippen LogP contribution is -2.69. The molecule has 21 heterocycles. The Morgan fingerprint density at radius 1 is 0.218 bits per heavy atom. The molecular formula is C64H112O35S2. The molecule has 35 nitrogen and oxygen atoms in total. The predicted octanol–water partition coefficient (Wildman–Crippen LogP) is -0.476. The first-order valence-electron chi connectivity index (χ1n) is 33.3. The molecule has 590 valence electrons. The van der Waals surface area contributed by atoms with Gasteiger partial charge in [-0.15, -0.1) is 0 Å². The summed E-state index contributed by atoms with van der Waals surface area (Å²) in [6.45, 7) is -0.393. The van der Waals surface area contributed by atoms with Crippen LogP contribution in [0.2, 0.25) is 0 Å². The molecule has 21 aliphatic rings. The minimum Gasteiger partial charge on any atom is -0.467 e. The van der Waals surface area contributed by atoms with Crippen molar-refractivity contribution in [3.05, 3.63) is 0 Å². The molecule has 35 atom stereocenters. The first-order chi connectivity index (χ1) is 49.1. The number of rotatable bonds is 28. The number of thioether (sulfide) groups is 1. The van der Waals surface area contributed by atoms with E-state index in [1.165, 1.54) is 154 Å². The van der Waals surface area contributed by atoms with Crippen LogP contribution in [0.15, 0.2) is 0 Å². The van der Waals surface area contributed by atoms with Gasteiger partial charge in [-0.25, -0.2) is 0 Å². The summed E-state index contributed by atoms with van der Waals surface area (Å²) in [4.78, 5) is 0. The quantitative estimate of drug-likeness (QED) is 0.0894. The van der Waals surface area contributed by atoms with Crippen molar-refractivity contribution in [3.63, 3.8) is 0 Å². The average Bonchev–Trinajstić information content (AvgIpc) is 0.785. The summed E-state index contributed by atoms with van der Waals surface area (Å²) in [5.41, 5.74) is 0. The van der Waals surface area contributed by atoms with Crippen LogP contribution in [0.5, 0.6) is 0 Å². The van der Waals surface area contributed by atoms with E-state index in [4.69, 9.17) is 178 Å². The van der Waals surface area contributed by atoms with E-state index >= 15 is 0 Å². The smallest absolute Gasteiger partial charge is 0.220 e. The van der Waals surface area contributed by atoms with Crippen molar-refractivity contribution in [1.29, 1.82) is 0 Å². The Labute approximate surface area is 601 Å². The van der Waals surface area contributed by atoms with Crippen LogP contribution in [0, 0.1) is 0 Å². The van der Waals surface area contributed by atoms with Crippen molar-refractivity contribution in [1.82, 2.24) is 0 Å². The lowest BCUT2D eigenvalue weighted by Gasteiger charge is -2.52. The zero-order valence-corrected chi connectivity index (χ0v) is 63.4. The highest BCUT2D eigenvalue weighted by molar-refractivity contribution is 8.22. The Bertz CT molecular complexity index is 2340. The first kappa shape index (κ1) is 85.5. The molecule has 0 saturated carbocycles. The van der Waals surface area contributed by atoms with E-state index < -0.39 is 215 Å². The van der Waals surface area contributed by atoms with Crippen LogP contribution in [0.1, 0.15) is 0 Å². The fourth-order valence-electron chi connectivity index (χ4n) is 14.9. The van der Waals surface area contributed by atoms with Gasteiger partial charge in [-0.1, -0.05) is 11.8 Å². The molecule has 21 saturated heterocycles. The molecule has 0 aromatic rings. The normalized spacial score (nSPS) is 45.0. The zero-order chi connectivity index (χ0) is 73.2. The first-order valence-corrected chi connectivity index (χ1v) is 34.9. The lowest BCUT2D eigenvalue weighted by molar-refractivity contribution is -0.402. The van der Waals surface area contributed by atoms with Gasteiger partial charge in [0, 0.05) is 142 Å². The molecule has 0 aromatic carbocycles. The van der Waals surface area contributed by atoms with Gasteiger partial charge in [0.15, 0.2) is 50.1 Å². The van der Waals surface area contributed by atoms with Crippen LogP contribution in [0.4, 0.5) is 0 Å². The maximum Gasteiger partial charge on any atom is 0.220 e. The molecule has 21 aliphatic heterocycles. The summed E-state index contributed by atoms with van der Waals surface area (Å²) in [6.07, 6.45) is -35.3. The Hall–Kier alpha value is -1.12. The summed E-state index contributed by atoms with van der Waals surface area (Å²) >= 11 is 6.95. The monoisotopic (exact) mass is 1500 g/mol. The minimum absolute atomic E-state index is 0.0440. The van der Waals surface area contributed by atoms with Crippen molar-refractivity contribution in [2.24, 2.45) is 0 Å². The largest absolute Gasteiger partial charge is 0.467 e. The van der Waals surface area contributed by atoms with Crippen molar-refractivity contribution in [3.8, 4) is 0 Å². The van der Waals surface area contributed by atoms with Gasteiger partial charge in [0.05, 0.1) is 46.2 Å².